The topological polar surface area (TPSA) is 83.5 Å². The summed E-state index contributed by atoms with van der Waals surface area (Å²) < 4.78 is 39.1. The fourth-order valence-electron chi connectivity index (χ4n) is 1.24. The highest BCUT2D eigenvalue weighted by Crippen LogP contribution is 2.22. The zero-order valence-electron chi connectivity index (χ0n) is 9.43. The number of hydrogen-bond acceptors (Lipinski definition) is 3. The number of rotatable bonds is 5. The quantitative estimate of drug-likeness (QED) is 0.802. The summed E-state index contributed by atoms with van der Waals surface area (Å²) in [7, 11) is -4.37. The van der Waals surface area contributed by atoms with E-state index in [1.54, 1.807) is 0 Å². The standard InChI is InChI=1S/C11H9ClFNO4S/c1-2-4-8(11(15)16)14-19(17,18)9-6-3-5-7(12)10(9)13/h1,3,5-6,8,14H,4H2,(H,15,16). The number of carbonyl (C=O) groups is 1. The number of sulfonamides is 1. The van der Waals surface area contributed by atoms with Crippen LogP contribution in [0.2, 0.25) is 5.02 Å². The van der Waals surface area contributed by atoms with E-state index in [1.807, 2.05) is 10.6 Å². The molecule has 8 heteroatoms. The van der Waals surface area contributed by atoms with E-state index < -0.39 is 32.7 Å². The zero-order valence-corrected chi connectivity index (χ0v) is 11.0. The van der Waals surface area contributed by atoms with E-state index in [2.05, 4.69) is 0 Å². The Balaban J connectivity index is 3.15. The molecule has 0 radical (unpaired) electrons. The second-order valence-corrected chi connectivity index (χ2v) is 5.56. The minimum Gasteiger partial charge on any atom is -0.480 e. The Bertz CT molecular complexity index is 639. The minimum atomic E-state index is -4.37. The van der Waals surface area contributed by atoms with Crippen LogP contribution in [0.5, 0.6) is 0 Å². The van der Waals surface area contributed by atoms with Gasteiger partial charge >= 0.3 is 5.97 Å². The Morgan fingerprint density at radius 3 is 2.74 bits per heavy atom. The summed E-state index contributed by atoms with van der Waals surface area (Å²) >= 11 is 5.46. The Kier molecular flexibility index (Phi) is 4.89. The Morgan fingerprint density at radius 2 is 2.21 bits per heavy atom. The molecular weight excluding hydrogens is 297 g/mol. The molecule has 0 aliphatic carbocycles. The van der Waals surface area contributed by atoms with Crippen molar-refractivity contribution in [2.45, 2.75) is 17.4 Å². The summed E-state index contributed by atoms with van der Waals surface area (Å²) in [6.07, 6.45) is 4.57. The first-order valence-corrected chi connectivity index (χ1v) is 6.78. The van der Waals surface area contributed by atoms with Crippen LogP contribution in [0.3, 0.4) is 0 Å². The summed E-state index contributed by atoms with van der Waals surface area (Å²) in [5.41, 5.74) is 0. The van der Waals surface area contributed by atoms with Crippen LogP contribution in [-0.4, -0.2) is 25.5 Å². The zero-order chi connectivity index (χ0) is 14.6. The molecule has 19 heavy (non-hydrogen) atoms. The number of nitrogens with one attached hydrogen (secondary N) is 1. The summed E-state index contributed by atoms with van der Waals surface area (Å²) in [6.45, 7) is 0. The number of hydrogen-bond donors (Lipinski definition) is 2. The molecule has 1 atom stereocenters. The van der Waals surface area contributed by atoms with Gasteiger partial charge in [0.25, 0.3) is 0 Å². The lowest BCUT2D eigenvalue weighted by atomic mass is 10.2. The Hall–Kier alpha value is -1.62. The highest BCUT2D eigenvalue weighted by atomic mass is 35.5. The van der Waals surface area contributed by atoms with E-state index in [-0.39, 0.29) is 11.4 Å². The molecule has 0 saturated heterocycles. The molecule has 0 saturated carbocycles. The highest BCUT2D eigenvalue weighted by Gasteiger charge is 2.27. The van der Waals surface area contributed by atoms with Crippen LogP contribution in [-0.2, 0) is 14.8 Å². The van der Waals surface area contributed by atoms with Gasteiger partial charge in [0.1, 0.15) is 10.9 Å². The van der Waals surface area contributed by atoms with E-state index in [9.17, 15) is 17.6 Å². The monoisotopic (exact) mass is 305 g/mol. The van der Waals surface area contributed by atoms with Crippen molar-refractivity contribution in [1.29, 1.82) is 0 Å². The average Bonchev–Trinajstić information content (AvgIpc) is 2.31. The molecule has 0 aliphatic heterocycles. The van der Waals surface area contributed by atoms with Crippen LogP contribution in [0.25, 0.3) is 0 Å². The van der Waals surface area contributed by atoms with Crippen LogP contribution in [0.1, 0.15) is 6.42 Å². The summed E-state index contributed by atoms with van der Waals surface area (Å²) in [5, 5.41) is 8.41. The SMILES string of the molecule is C#CCC(NS(=O)(=O)c1cccc(Cl)c1F)C(=O)O. The normalized spacial score (nSPS) is 12.7. The van der Waals surface area contributed by atoms with Crippen molar-refractivity contribution < 1.29 is 22.7 Å². The number of aliphatic carboxylic acids is 1. The van der Waals surface area contributed by atoms with Crippen molar-refractivity contribution in [3.8, 4) is 12.3 Å². The Labute approximate surface area is 114 Å². The first kappa shape index (κ1) is 15.4. The molecule has 5 nitrogen and oxygen atoms in total. The molecule has 102 valence electrons. The molecule has 0 spiro atoms. The van der Waals surface area contributed by atoms with Crippen molar-refractivity contribution in [2.24, 2.45) is 0 Å². The highest BCUT2D eigenvalue weighted by molar-refractivity contribution is 7.89. The molecular formula is C11H9ClFNO4S. The molecule has 1 aromatic rings. The molecule has 0 amide bonds. The van der Waals surface area contributed by atoms with Crippen molar-refractivity contribution in [3.63, 3.8) is 0 Å². The van der Waals surface area contributed by atoms with Gasteiger partial charge in [-0.05, 0) is 12.1 Å². The number of terminal acetylenes is 1. The second-order valence-electron chi connectivity index (χ2n) is 3.47. The van der Waals surface area contributed by atoms with Crippen LogP contribution in [0.15, 0.2) is 23.1 Å². The maximum Gasteiger partial charge on any atom is 0.322 e. The average molecular weight is 306 g/mol. The molecule has 0 aliphatic rings. The predicted molar refractivity (Wildman–Crippen MR) is 66.6 cm³/mol. The minimum absolute atomic E-state index is 0.364. The van der Waals surface area contributed by atoms with Crippen molar-refractivity contribution in [3.05, 3.63) is 29.0 Å². The van der Waals surface area contributed by atoms with Gasteiger partial charge in [-0.3, -0.25) is 4.79 Å². The molecule has 2 N–H and O–H groups in total. The van der Waals surface area contributed by atoms with E-state index in [1.165, 1.54) is 12.1 Å². The summed E-state index contributed by atoms with van der Waals surface area (Å²) in [6, 6.07) is 1.84. The van der Waals surface area contributed by atoms with E-state index >= 15 is 0 Å². The van der Waals surface area contributed by atoms with Gasteiger partial charge in [-0.1, -0.05) is 17.7 Å². The van der Waals surface area contributed by atoms with Gasteiger partial charge in [0, 0.05) is 6.42 Å². The van der Waals surface area contributed by atoms with Gasteiger partial charge in [-0.15, -0.1) is 12.3 Å². The maximum atomic E-state index is 13.6. The third kappa shape index (κ3) is 3.67. The van der Waals surface area contributed by atoms with Gasteiger partial charge in [-0.25, -0.2) is 12.8 Å². The lowest BCUT2D eigenvalue weighted by molar-refractivity contribution is -0.138. The van der Waals surface area contributed by atoms with Gasteiger partial charge in [0.05, 0.1) is 5.02 Å². The third-order valence-corrected chi connectivity index (χ3v) is 3.90. The lowest BCUT2D eigenvalue weighted by Gasteiger charge is -2.13. The van der Waals surface area contributed by atoms with Gasteiger partial charge in [0.15, 0.2) is 5.82 Å². The molecule has 1 unspecified atom stereocenters. The maximum absolute atomic E-state index is 13.6. The second kappa shape index (κ2) is 6.02. The van der Waals surface area contributed by atoms with Crippen LogP contribution in [0, 0.1) is 18.2 Å². The van der Waals surface area contributed by atoms with Gasteiger partial charge in [0.2, 0.25) is 10.0 Å². The number of carboxylic acids is 1. The summed E-state index contributed by atoms with van der Waals surface area (Å²) in [5.74, 6) is -0.584. The molecule has 0 bridgehead atoms. The molecule has 0 aromatic heterocycles. The molecule has 0 heterocycles. The van der Waals surface area contributed by atoms with Crippen LogP contribution >= 0.6 is 11.6 Å². The number of carboxylic acid groups (broad SMARTS) is 1. The van der Waals surface area contributed by atoms with Crippen LogP contribution in [0.4, 0.5) is 4.39 Å². The van der Waals surface area contributed by atoms with E-state index in [4.69, 9.17) is 23.1 Å². The lowest BCUT2D eigenvalue weighted by Crippen LogP contribution is -2.40. The third-order valence-electron chi connectivity index (χ3n) is 2.12. The fourth-order valence-corrected chi connectivity index (χ4v) is 2.76. The van der Waals surface area contributed by atoms with Gasteiger partial charge in [-0.2, -0.15) is 4.72 Å². The fraction of sp³-hybridized carbons (Fsp3) is 0.182. The molecule has 1 rings (SSSR count). The smallest absolute Gasteiger partial charge is 0.322 e. The predicted octanol–water partition coefficient (Wildman–Crippen LogP) is 1.23. The number of halogens is 2. The van der Waals surface area contributed by atoms with E-state index in [0.29, 0.717) is 0 Å². The molecule has 0 fully saturated rings. The van der Waals surface area contributed by atoms with Crippen molar-refractivity contribution in [1.82, 2.24) is 4.72 Å². The first-order valence-electron chi connectivity index (χ1n) is 4.92. The van der Waals surface area contributed by atoms with Gasteiger partial charge < -0.3 is 5.11 Å². The Morgan fingerprint density at radius 1 is 1.58 bits per heavy atom. The first-order chi connectivity index (χ1) is 8.79. The molecule has 1 aromatic carbocycles. The van der Waals surface area contributed by atoms with Crippen molar-refractivity contribution in [2.75, 3.05) is 0 Å². The van der Waals surface area contributed by atoms with Crippen molar-refractivity contribution >= 4 is 27.6 Å². The van der Waals surface area contributed by atoms with E-state index in [0.717, 1.165) is 6.07 Å². The van der Waals surface area contributed by atoms with Crippen LogP contribution < -0.4 is 4.72 Å². The largest absolute Gasteiger partial charge is 0.480 e. The number of benzene rings is 1. The summed E-state index contributed by atoms with van der Waals surface area (Å²) in [4.78, 5) is 10.1.